The number of rotatable bonds is 13. The van der Waals surface area contributed by atoms with Crippen molar-refractivity contribution in [3.8, 4) is 0 Å². The summed E-state index contributed by atoms with van der Waals surface area (Å²) >= 11 is 0. The van der Waals surface area contributed by atoms with Crippen LogP contribution in [0, 0.1) is 35.5 Å². The quantitative estimate of drug-likeness (QED) is 0.196. The lowest BCUT2D eigenvalue weighted by molar-refractivity contribution is -0.0130. The maximum absolute atomic E-state index is 10.0. The number of aliphatic hydroxyl groups is 2. The first kappa shape index (κ1) is 42.5. The first-order valence-electron chi connectivity index (χ1n) is 26.5. The number of nitrogens with zero attached hydrogens (tertiary/aromatic N) is 2. The van der Waals surface area contributed by atoms with Crippen LogP contribution in [-0.2, 0) is 0 Å². The Labute approximate surface area is 346 Å². The normalized spacial score (nSPS) is 41.6. The summed E-state index contributed by atoms with van der Waals surface area (Å²) in [5, 5.41) is 20.1. The van der Waals surface area contributed by atoms with Gasteiger partial charge in [0, 0.05) is 36.3 Å². The highest BCUT2D eigenvalue weighted by Crippen LogP contribution is 2.46. The molecule has 8 rings (SSSR count). The van der Waals surface area contributed by atoms with Gasteiger partial charge in [0.1, 0.15) is 0 Å². The van der Waals surface area contributed by atoms with E-state index in [1.807, 2.05) is 0 Å². The molecule has 0 amide bonds. The van der Waals surface area contributed by atoms with Gasteiger partial charge in [-0.2, -0.15) is 0 Å². The highest BCUT2D eigenvalue weighted by atomic mass is 16.3. The summed E-state index contributed by atoms with van der Waals surface area (Å²) < 4.78 is 0. The molecule has 8 fully saturated rings. The fourth-order valence-electron chi connectivity index (χ4n) is 15.7. The SMILES string of the molecule is OC1CCC(CCC2CCCC(N(C3CCCCC3)C3CCC(C4CCC(N(C5CCCCC5)C5CCCC(CCC6CCC(O)CC6)C5)CC4)CC3)C2)CC1. The second kappa shape index (κ2) is 21.6. The minimum atomic E-state index is -0.00460. The standard InChI is InChI=1S/C52H92N2O2/c55-51-33-21-39(22-34-51)17-19-41-9-7-15-49(37-41)53(45-11-3-1-4-12-45)47-29-25-43(26-30-47)44-27-31-48(32-28-44)54(46-13-5-2-6-14-46)50-16-8-10-42(38-50)20-18-40-23-35-52(56)36-24-40/h39-52,55-56H,1-38H2. The average molecular weight is 777 g/mol. The molecule has 8 saturated carbocycles. The minimum absolute atomic E-state index is 0.00460. The van der Waals surface area contributed by atoms with Crippen LogP contribution in [0.15, 0.2) is 0 Å². The van der Waals surface area contributed by atoms with Crippen molar-refractivity contribution in [1.29, 1.82) is 0 Å². The average Bonchev–Trinajstić information content (AvgIpc) is 3.25. The molecule has 0 aromatic carbocycles. The lowest BCUT2D eigenvalue weighted by Crippen LogP contribution is -2.53. The Morgan fingerprint density at radius 2 is 0.589 bits per heavy atom. The van der Waals surface area contributed by atoms with Crippen molar-refractivity contribution >= 4 is 0 Å². The smallest absolute Gasteiger partial charge is 0.0540 e. The largest absolute Gasteiger partial charge is 0.393 e. The van der Waals surface area contributed by atoms with Gasteiger partial charge in [0.2, 0.25) is 0 Å². The van der Waals surface area contributed by atoms with Gasteiger partial charge in [0.25, 0.3) is 0 Å². The number of aliphatic hydroxyl groups excluding tert-OH is 2. The fraction of sp³-hybridized carbons (Fsp3) is 1.00. The molecule has 0 spiro atoms. The van der Waals surface area contributed by atoms with Crippen molar-refractivity contribution in [2.45, 2.75) is 292 Å². The van der Waals surface area contributed by atoms with Crippen LogP contribution in [0.1, 0.15) is 244 Å². The fourth-order valence-corrected chi connectivity index (χ4v) is 15.7. The molecule has 8 aliphatic rings. The van der Waals surface area contributed by atoms with Gasteiger partial charge in [0.05, 0.1) is 12.2 Å². The third-order valence-electron chi connectivity index (χ3n) is 18.9. The molecule has 56 heavy (non-hydrogen) atoms. The Hall–Kier alpha value is -0.160. The predicted molar refractivity (Wildman–Crippen MR) is 235 cm³/mol. The molecule has 4 nitrogen and oxygen atoms in total. The Morgan fingerprint density at radius 3 is 0.964 bits per heavy atom. The molecule has 0 bridgehead atoms. The van der Waals surface area contributed by atoms with E-state index in [0.717, 1.165) is 97.4 Å². The van der Waals surface area contributed by atoms with Crippen LogP contribution >= 0.6 is 0 Å². The first-order valence-corrected chi connectivity index (χ1v) is 26.5. The van der Waals surface area contributed by atoms with Crippen LogP contribution in [0.5, 0.6) is 0 Å². The lowest BCUT2D eigenvalue weighted by atomic mass is 9.69. The molecular formula is C52H92N2O2. The van der Waals surface area contributed by atoms with E-state index in [1.54, 1.807) is 0 Å². The molecule has 0 aliphatic heterocycles. The van der Waals surface area contributed by atoms with Gasteiger partial charge in [-0.05, 0) is 190 Å². The van der Waals surface area contributed by atoms with Crippen LogP contribution in [0.3, 0.4) is 0 Å². The molecule has 0 aromatic heterocycles. The molecular weight excluding hydrogens is 685 g/mol. The Kier molecular flexibility index (Phi) is 16.4. The molecule has 4 unspecified atom stereocenters. The molecule has 322 valence electrons. The third-order valence-corrected chi connectivity index (χ3v) is 18.9. The zero-order valence-corrected chi connectivity index (χ0v) is 36.7. The van der Waals surface area contributed by atoms with Crippen molar-refractivity contribution in [3.63, 3.8) is 0 Å². The highest BCUT2D eigenvalue weighted by molar-refractivity contribution is 4.96. The summed E-state index contributed by atoms with van der Waals surface area (Å²) in [4.78, 5) is 6.52. The maximum Gasteiger partial charge on any atom is 0.0540 e. The Balaban J connectivity index is 0.829. The van der Waals surface area contributed by atoms with Gasteiger partial charge in [-0.15, -0.1) is 0 Å². The van der Waals surface area contributed by atoms with Gasteiger partial charge >= 0.3 is 0 Å². The molecule has 2 N–H and O–H groups in total. The van der Waals surface area contributed by atoms with Gasteiger partial charge in [0.15, 0.2) is 0 Å². The summed E-state index contributed by atoms with van der Waals surface area (Å²) in [6.45, 7) is 0. The van der Waals surface area contributed by atoms with Crippen LogP contribution in [0.25, 0.3) is 0 Å². The van der Waals surface area contributed by atoms with Gasteiger partial charge < -0.3 is 10.2 Å². The zero-order valence-electron chi connectivity index (χ0n) is 36.7. The van der Waals surface area contributed by atoms with E-state index in [9.17, 15) is 10.2 Å². The highest BCUT2D eigenvalue weighted by Gasteiger charge is 2.42. The Morgan fingerprint density at radius 1 is 0.268 bits per heavy atom. The summed E-state index contributed by atoms with van der Waals surface area (Å²) in [5.74, 6) is 5.74. The van der Waals surface area contributed by atoms with Crippen molar-refractivity contribution in [2.75, 3.05) is 0 Å². The van der Waals surface area contributed by atoms with Crippen molar-refractivity contribution in [3.05, 3.63) is 0 Å². The van der Waals surface area contributed by atoms with Gasteiger partial charge in [-0.1, -0.05) is 89.9 Å². The molecule has 0 saturated heterocycles. The number of hydrogen-bond donors (Lipinski definition) is 2. The molecule has 4 atom stereocenters. The van der Waals surface area contributed by atoms with Gasteiger partial charge in [-0.3, -0.25) is 9.80 Å². The lowest BCUT2D eigenvalue weighted by Gasteiger charge is -2.51. The van der Waals surface area contributed by atoms with Crippen LogP contribution < -0.4 is 0 Å². The summed E-state index contributed by atoms with van der Waals surface area (Å²) in [7, 11) is 0. The van der Waals surface area contributed by atoms with E-state index >= 15 is 0 Å². The van der Waals surface area contributed by atoms with E-state index in [1.165, 1.54) is 218 Å². The second-order valence-electron chi connectivity index (χ2n) is 22.5. The van der Waals surface area contributed by atoms with Crippen molar-refractivity contribution < 1.29 is 10.2 Å². The van der Waals surface area contributed by atoms with E-state index in [2.05, 4.69) is 9.80 Å². The van der Waals surface area contributed by atoms with E-state index in [0.29, 0.717) is 0 Å². The zero-order chi connectivity index (χ0) is 38.1. The second-order valence-corrected chi connectivity index (χ2v) is 22.5. The molecule has 0 aromatic rings. The molecule has 0 heterocycles. The monoisotopic (exact) mass is 777 g/mol. The Bertz CT molecular complexity index is 1000. The van der Waals surface area contributed by atoms with E-state index in [-0.39, 0.29) is 12.2 Å². The summed E-state index contributed by atoms with van der Waals surface area (Å²) in [5.41, 5.74) is 0. The van der Waals surface area contributed by atoms with Crippen LogP contribution in [0.4, 0.5) is 0 Å². The third kappa shape index (κ3) is 11.6. The van der Waals surface area contributed by atoms with E-state index in [4.69, 9.17) is 0 Å². The van der Waals surface area contributed by atoms with Crippen LogP contribution in [0.2, 0.25) is 0 Å². The first-order chi connectivity index (χ1) is 27.6. The summed E-state index contributed by atoms with van der Waals surface area (Å²) in [6, 6.07) is 5.26. The molecule has 0 radical (unpaired) electrons. The topological polar surface area (TPSA) is 46.9 Å². The van der Waals surface area contributed by atoms with Crippen LogP contribution in [-0.4, -0.2) is 68.5 Å². The predicted octanol–water partition coefficient (Wildman–Crippen LogP) is 13.2. The van der Waals surface area contributed by atoms with Crippen molar-refractivity contribution in [1.82, 2.24) is 9.80 Å². The minimum Gasteiger partial charge on any atom is -0.393 e. The molecule has 8 aliphatic carbocycles. The van der Waals surface area contributed by atoms with Gasteiger partial charge in [-0.25, -0.2) is 0 Å². The number of hydrogen-bond acceptors (Lipinski definition) is 4. The maximum atomic E-state index is 10.0. The van der Waals surface area contributed by atoms with Crippen molar-refractivity contribution in [2.24, 2.45) is 35.5 Å². The van der Waals surface area contributed by atoms with E-state index < -0.39 is 0 Å². The summed E-state index contributed by atoms with van der Waals surface area (Å²) in [6.07, 6.45) is 54.1. The molecule has 4 heteroatoms.